The predicted molar refractivity (Wildman–Crippen MR) is 72.3 cm³/mol. The normalized spacial score (nSPS) is 15.0. The summed E-state index contributed by atoms with van der Waals surface area (Å²) in [6, 6.07) is 0.615. The molecule has 0 aliphatic rings. The SMILES string of the molecule is CCCC(C)NCC(C)Sc1nnc(C)s1. The fourth-order valence-electron chi connectivity index (χ4n) is 1.44. The molecule has 0 aliphatic carbocycles. The number of thioether (sulfide) groups is 1. The Morgan fingerprint density at radius 1 is 1.38 bits per heavy atom. The summed E-state index contributed by atoms with van der Waals surface area (Å²) in [5.41, 5.74) is 0. The lowest BCUT2D eigenvalue weighted by atomic mass is 10.2. The Morgan fingerprint density at radius 3 is 2.69 bits per heavy atom. The Kier molecular flexibility index (Phi) is 6.31. The molecule has 0 fully saturated rings. The number of rotatable bonds is 7. The van der Waals surface area contributed by atoms with E-state index in [9.17, 15) is 0 Å². The maximum absolute atomic E-state index is 4.12. The molecule has 0 aliphatic heterocycles. The highest BCUT2D eigenvalue weighted by molar-refractivity contribution is 8.01. The second-order valence-corrected chi connectivity index (χ2v) is 6.98. The van der Waals surface area contributed by atoms with Crippen LogP contribution in [0.3, 0.4) is 0 Å². The van der Waals surface area contributed by atoms with Gasteiger partial charge in [-0.25, -0.2) is 0 Å². The Bertz CT molecular complexity index is 301. The van der Waals surface area contributed by atoms with Crippen LogP contribution in [0.5, 0.6) is 0 Å². The van der Waals surface area contributed by atoms with Crippen LogP contribution in [0.1, 0.15) is 38.6 Å². The number of aryl methyl sites for hydroxylation is 1. The van der Waals surface area contributed by atoms with Crippen LogP contribution in [0.25, 0.3) is 0 Å². The number of aromatic nitrogens is 2. The van der Waals surface area contributed by atoms with Crippen LogP contribution in [-0.2, 0) is 0 Å². The third-order valence-electron chi connectivity index (χ3n) is 2.28. The summed E-state index contributed by atoms with van der Waals surface area (Å²) in [6.07, 6.45) is 2.49. The second-order valence-electron chi connectivity index (χ2n) is 4.11. The first kappa shape index (κ1) is 13.9. The zero-order valence-electron chi connectivity index (χ0n) is 10.5. The summed E-state index contributed by atoms with van der Waals surface area (Å²) in [6.45, 7) is 9.72. The Hall–Kier alpha value is -0.130. The summed E-state index contributed by atoms with van der Waals surface area (Å²) in [5.74, 6) is 0. The first-order valence-electron chi connectivity index (χ1n) is 5.82. The quantitative estimate of drug-likeness (QED) is 0.764. The van der Waals surface area contributed by atoms with Gasteiger partial charge >= 0.3 is 0 Å². The molecule has 92 valence electrons. The van der Waals surface area contributed by atoms with Crippen LogP contribution >= 0.6 is 23.1 Å². The van der Waals surface area contributed by atoms with Gasteiger partial charge in [0.05, 0.1) is 0 Å². The van der Waals surface area contributed by atoms with E-state index in [0.717, 1.165) is 15.9 Å². The third kappa shape index (κ3) is 5.27. The predicted octanol–water partition coefficient (Wildman–Crippen LogP) is 3.11. The molecule has 0 bridgehead atoms. The maximum atomic E-state index is 4.12. The minimum Gasteiger partial charge on any atom is -0.313 e. The van der Waals surface area contributed by atoms with Crippen molar-refractivity contribution in [2.45, 2.75) is 56.2 Å². The topological polar surface area (TPSA) is 37.8 Å². The van der Waals surface area contributed by atoms with Gasteiger partial charge < -0.3 is 5.32 Å². The molecule has 0 saturated carbocycles. The van der Waals surface area contributed by atoms with Crippen LogP contribution in [-0.4, -0.2) is 28.0 Å². The molecule has 0 amide bonds. The molecule has 1 N–H and O–H groups in total. The average molecular weight is 259 g/mol. The van der Waals surface area contributed by atoms with Crippen molar-refractivity contribution >= 4 is 23.1 Å². The maximum Gasteiger partial charge on any atom is 0.174 e. The van der Waals surface area contributed by atoms with Crippen LogP contribution in [0.4, 0.5) is 0 Å². The van der Waals surface area contributed by atoms with Crippen molar-refractivity contribution < 1.29 is 0 Å². The molecular weight excluding hydrogens is 238 g/mol. The highest BCUT2D eigenvalue weighted by Crippen LogP contribution is 2.25. The summed E-state index contributed by atoms with van der Waals surface area (Å²) in [4.78, 5) is 0. The average Bonchev–Trinajstić information content (AvgIpc) is 2.61. The monoisotopic (exact) mass is 259 g/mol. The van der Waals surface area contributed by atoms with E-state index in [2.05, 4.69) is 36.3 Å². The van der Waals surface area contributed by atoms with Gasteiger partial charge in [0, 0.05) is 17.8 Å². The van der Waals surface area contributed by atoms with Crippen LogP contribution < -0.4 is 5.32 Å². The smallest absolute Gasteiger partial charge is 0.174 e. The lowest BCUT2D eigenvalue weighted by Crippen LogP contribution is -2.31. The van der Waals surface area contributed by atoms with Gasteiger partial charge in [0.15, 0.2) is 4.34 Å². The molecule has 5 heteroatoms. The zero-order valence-corrected chi connectivity index (χ0v) is 12.1. The molecule has 3 nitrogen and oxygen atoms in total. The van der Waals surface area contributed by atoms with Gasteiger partial charge in [-0.1, -0.05) is 43.4 Å². The molecule has 16 heavy (non-hydrogen) atoms. The molecule has 1 aromatic rings. The lowest BCUT2D eigenvalue weighted by molar-refractivity contribution is 0.511. The van der Waals surface area contributed by atoms with E-state index < -0.39 is 0 Å². The largest absolute Gasteiger partial charge is 0.313 e. The standard InChI is InChI=1S/C11H21N3S2/c1-5-6-8(2)12-7-9(3)15-11-14-13-10(4)16-11/h8-9,12H,5-7H2,1-4H3. The molecular formula is C11H21N3S2. The van der Waals surface area contributed by atoms with Crippen LogP contribution in [0.15, 0.2) is 4.34 Å². The van der Waals surface area contributed by atoms with Crippen molar-refractivity contribution in [2.24, 2.45) is 0 Å². The van der Waals surface area contributed by atoms with E-state index in [1.807, 2.05) is 6.92 Å². The van der Waals surface area contributed by atoms with Crippen LogP contribution in [0.2, 0.25) is 0 Å². The molecule has 1 aromatic heterocycles. The van der Waals surface area contributed by atoms with Gasteiger partial charge in [-0.2, -0.15) is 0 Å². The molecule has 0 radical (unpaired) electrons. The van der Waals surface area contributed by atoms with Crippen molar-refractivity contribution in [3.05, 3.63) is 5.01 Å². The van der Waals surface area contributed by atoms with Crippen molar-refractivity contribution in [3.63, 3.8) is 0 Å². The summed E-state index contributed by atoms with van der Waals surface area (Å²) in [7, 11) is 0. The minimum absolute atomic E-state index is 0.548. The summed E-state index contributed by atoms with van der Waals surface area (Å²) < 4.78 is 1.08. The Labute approximate surface area is 106 Å². The number of hydrogen-bond donors (Lipinski definition) is 1. The van der Waals surface area contributed by atoms with Crippen molar-refractivity contribution in [3.8, 4) is 0 Å². The lowest BCUT2D eigenvalue weighted by Gasteiger charge is -2.15. The summed E-state index contributed by atoms with van der Waals surface area (Å²) in [5, 5.41) is 13.3. The third-order valence-corrected chi connectivity index (χ3v) is 4.31. The van der Waals surface area contributed by atoms with Gasteiger partial charge in [0.25, 0.3) is 0 Å². The fraction of sp³-hybridized carbons (Fsp3) is 0.818. The number of hydrogen-bond acceptors (Lipinski definition) is 5. The van der Waals surface area contributed by atoms with Gasteiger partial charge in [-0.3, -0.25) is 0 Å². The Morgan fingerprint density at radius 2 is 2.12 bits per heavy atom. The minimum atomic E-state index is 0.548. The molecule has 1 rings (SSSR count). The van der Waals surface area contributed by atoms with Crippen LogP contribution in [0, 0.1) is 6.92 Å². The zero-order chi connectivity index (χ0) is 12.0. The number of nitrogens with zero attached hydrogens (tertiary/aromatic N) is 2. The first-order valence-corrected chi connectivity index (χ1v) is 7.51. The van der Waals surface area contributed by atoms with Crippen molar-refractivity contribution in [1.82, 2.24) is 15.5 Å². The fourth-order valence-corrected chi connectivity index (χ4v) is 3.52. The van der Waals surface area contributed by atoms with Crippen molar-refractivity contribution in [1.29, 1.82) is 0 Å². The van der Waals surface area contributed by atoms with Gasteiger partial charge in [0.1, 0.15) is 5.01 Å². The van der Waals surface area contributed by atoms with E-state index in [1.54, 1.807) is 23.1 Å². The van der Waals surface area contributed by atoms with E-state index in [0.29, 0.717) is 11.3 Å². The van der Waals surface area contributed by atoms with Gasteiger partial charge in [-0.15, -0.1) is 10.2 Å². The Balaban J connectivity index is 2.23. The van der Waals surface area contributed by atoms with E-state index in [-0.39, 0.29) is 0 Å². The van der Waals surface area contributed by atoms with E-state index in [4.69, 9.17) is 0 Å². The number of nitrogens with one attached hydrogen (secondary N) is 1. The molecule has 0 aromatic carbocycles. The van der Waals surface area contributed by atoms with Crippen molar-refractivity contribution in [2.75, 3.05) is 6.54 Å². The molecule has 1 heterocycles. The molecule has 2 unspecified atom stereocenters. The molecule has 0 spiro atoms. The van der Waals surface area contributed by atoms with E-state index >= 15 is 0 Å². The second kappa shape index (κ2) is 7.25. The van der Waals surface area contributed by atoms with E-state index in [1.165, 1.54) is 12.8 Å². The first-order chi connectivity index (χ1) is 7.61. The van der Waals surface area contributed by atoms with Gasteiger partial charge in [-0.05, 0) is 20.3 Å². The summed E-state index contributed by atoms with van der Waals surface area (Å²) >= 11 is 3.48. The van der Waals surface area contributed by atoms with Gasteiger partial charge in [0.2, 0.25) is 0 Å². The molecule has 2 atom stereocenters. The highest BCUT2D eigenvalue weighted by Gasteiger charge is 2.09. The molecule has 0 saturated heterocycles. The highest BCUT2D eigenvalue weighted by atomic mass is 32.2.